The standard InChI is InChI=1S/C9H18N2O2/c1-9(2,13)8(12)11-6-4-5-10(3)7-11/h13H,4-7H2,1-3H3. The van der Waals surface area contributed by atoms with Gasteiger partial charge in [0.05, 0.1) is 6.67 Å². The minimum absolute atomic E-state index is 0.181. The summed E-state index contributed by atoms with van der Waals surface area (Å²) in [7, 11) is 1.98. The highest BCUT2D eigenvalue weighted by atomic mass is 16.3. The quantitative estimate of drug-likeness (QED) is 0.621. The number of rotatable bonds is 1. The van der Waals surface area contributed by atoms with Crippen molar-refractivity contribution in [1.29, 1.82) is 0 Å². The van der Waals surface area contributed by atoms with E-state index in [1.54, 1.807) is 4.90 Å². The first-order valence-corrected chi connectivity index (χ1v) is 4.61. The molecule has 1 aliphatic rings. The maximum atomic E-state index is 11.6. The van der Waals surface area contributed by atoms with E-state index in [-0.39, 0.29) is 5.91 Å². The first-order valence-electron chi connectivity index (χ1n) is 4.61. The molecule has 1 heterocycles. The molecule has 0 saturated carbocycles. The summed E-state index contributed by atoms with van der Waals surface area (Å²) in [6.07, 6.45) is 0.984. The van der Waals surface area contributed by atoms with Crippen LogP contribution in [-0.2, 0) is 4.79 Å². The summed E-state index contributed by atoms with van der Waals surface area (Å²) in [4.78, 5) is 15.4. The highest BCUT2D eigenvalue weighted by Gasteiger charge is 2.30. The molecule has 0 atom stereocenters. The van der Waals surface area contributed by atoms with E-state index >= 15 is 0 Å². The molecule has 1 rings (SSSR count). The van der Waals surface area contributed by atoms with Crippen molar-refractivity contribution in [1.82, 2.24) is 9.80 Å². The highest BCUT2D eigenvalue weighted by Crippen LogP contribution is 2.11. The van der Waals surface area contributed by atoms with Gasteiger partial charge in [0.1, 0.15) is 5.60 Å². The van der Waals surface area contributed by atoms with Crippen molar-refractivity contribution in [3.05, 3.63) is 0 Å². The SMILES string of the molecule is CN1CCCN(C(=O)C(C)(C)O)C1. The van der Waals surface area contributed by atoms with Crippen LogP contribution in [0.25, 0.3) is 0 Å². The summed E-state index contributed by atoms with van der Waals surface area (Å²) in [5, 5.41) is 9.51. The molecule has 0 aromatic heterocycles. The van der Waals surface area contributed by atoms with Crippen LogP contribution in [0.4, 0.5) is 0 Å². The van der Waals surface area contributed by atoms with Crippen molar-refractivity contribution in [3.63, 3.8) is 0 Å². The average Bonchev–Trinajstić information content (AvgIpc) is 2.01. The Bertz CT molecular complexity index is 198. The van der Waals surface area contributed by atoms with Crippen molar-refractivity contribution in [2.45, 2.75) is 25.9 Å². The Morgan fingerprint density at radius 2 is 2.00 bits per heavy atom. The van der Waals surface area contributed by atoms with Crippen LogP contribution in [0.1, 0.15) is 20.3 Å². The summed E-state index contributed by atoms with van der Waals surface area (Å²) < 4.78 is 0. The number of hydrogen-bond donors (Lipinski definition) is 1. The minimum Gasteiger partial charge on any atom is -0.381 e. The van der Waals surface area contributed by atoms with Gasteiger partial charge in [0.25, 0.3) is 5.91 Å². The lowest BCUT2D eigenvalue weighted by Gasteiger charge is -2.36. The zero-order valence-corrected chi connectivity index (χ0v) is 8.58. The molecule has 4 heteroatoms. The monoisotopic (exact) mass is 186 g/mol. The number of nitrogens with zero attached hydrogens (tertiary/aromatic N) is 2. The summed E-state index contributed by atoms with van der Waals surface area (Å²) in [5.74, 6) is -0.181. The van der Waals surface area contributed by atoms with Gasteiger partial charge in [0.15, 0.2) is 0 Å². The molecule has 0 radical (unpaired) electrons. The average molecular weight is 186 g/mol. The molecule has 0 aliphatic carbocycles. The van der Waals surface area contributed by atoms with E-state index in [1.807, 2.05) is 7.05 Å². The molecule has 0 bridgehead atoms. The second-order valence-electron chi connectivity index (χ2n) is 4.20. The number of carbonyl (C=O) groups is 1. The van der Waals surface area contributed by atoms with Crippen molar-refractivity contribution in [2.24, 2.45) is 0 Å². The van der Waals surface area contributed by atoms with Crippen molar-refractivity contribution < 1.29 is 9.90 Å². The third kappa shape index (κ3) is 2.67. The molecule has 1 fully saturated rings. The van der Waals surface area contributed by atoms with E-state index in [1.165, 1.54) is 13.8 Å². The molecule has 0 aromatic carbocycles. The predicted molar refractivity (Wildman–Crippen MR) is 50.1 cm³/mol. The van der Waals surface area contributed by atoms with Gasteiger partial charge in [-0.25, -0.2) is 0 Å². The van der Waals surface area contributed by atoms with Gasteiger partial charge in [-0.3, -0.25) is 9.69 Å². The first kappa shape index (κ1) is 10.5. The molecule has 1 aliphatic heterocycles. The van der Waals surface area contributed by atoms with Gasteiger partial charge in [-0.1, -0.05) is 0 Å². The predicted octanol–water partition coefficient (Wildman–Crippen LogP) is -0.121. The van der Waals surface area contributed by atoms with Gasteiger partial charge in [0, 0.05) is 13.1 Å². The maximum absolute atomic E-state index is 11.6. The van der Waals surface area contributed by atoms with Crippen molar-refractivity contribution in [3.8, 4) is 0 Å². The third-order valence-electron chi connectivity index (χ3n) is 2.19. The second kappa shape index (κ2) is 3.64. The third-order valence-corrected chi connectivity index (χ3v) is 2.19. The van der Waals surface area contributed by atoms with Crippen LogP contribution in [0.15, 0.2) is 0 Å². The fraction of sp³-hybridized carbons (Fsp3) is 0.889. The van der Waals surface area contributed by atoms with Crippen LogP contribution in [0, 0.1) is 0 Å². The van der Waals surface area contributed by atoms with E-state index in [9.17, 15) is 9.90 Å². The number of amides is 1. The molecule has 0 aromatic rings. The van der Waals surface area contributed by atoms with Gasteiger partial charge < -0.3 is 10.0 Å². The van der Waals surface area contributed by atoms with Gasteiger partial charge >= 0.3 is 0 Å². The van der Waals surface area contributed by atoms with Gasteiger partial charge in [-0.05, 0) is 27.3 Å². The zero-order valence-electron chi connectivity index (χ0n) is 8.58. The molecule has 76 valence electrons. The molecule has 1 N–H and O–H groups in total. The van der Waals surface area contributed by atoms with Crippen LogP contribution < -0.4 is 0 Å². The molecule has 4 nitrogen and oxygen atoms in total. The van der Waals surface area contributed by atoms with Crippen LogP contribution in [0.2, 0.25) is 0 Å². The Kier molecular flexibility index (Phi) is 2.93. The van der Waals surface area contributed by atoms with E-state index in [0.717, 1.165) is 19.5 Å². The Balaban J connectivity index is 2.56. The zero-order chi connectivity index (χ0) is 10.1. The van der Waals surface area contributed by atoms with Crippen molar-refractivity contribution >= 4 is 5.91 Å². The molecule has 0 spiro atoms. The smallest absolute Gasteiger partial charge is 0.254 e. The normalized spacial score (nSPS) is 20.5. The van der Waals surface area contributed by atoms with Gasteiger partial charge in [-0.2, -0.15) is 0 Å². The molecule has 1 amide bonds. The van der Waals surface area contributed by atoms with Crippen LogP contribution in [0.3, 0.4) is 0 Å². The summed E-state index contributed by atoms with van der Waals surface area (Å²) in [6, 6.07) is 0. The maximum Gasteiger partial charge on any atom is 0.254 e. The molecular formula is C9H18N2O2. The Morgan fingerprint density at radius 3 is 2.46 bits per heavy atom. The van der Waals surface area contributed by atoms with E-state index < -0.39 is 5.60 Å². The molecule has 1 saturated heterocycles. The minimum atomic E-state index is -1.24. The van der Waals surface area contributed by atoms with Gasteiger partial charge in [0.2, 0.25) is 0 Å². The molecular weight excluding hydrogens is 168 g/mol. The second-order valence-corrected chi connectivity index (χ2v) is 4.20. The fourth-order valence-electron chi connectivity index (χ4n) is 1.52. The topological polar surface area (TPSA) is 43.8 Å². The largest absolute Gasteiger partial charge is 0.381 e. The van der Waals surface area contributed by atoms with E-state index in [2.05, 4.69) is 4.90 Å². The van der Waals surface area contributed by atoms with E-state index in [4.69, 9.17) is 0 Å². The Morgan fingerprint density at radius 1 is 1.38 bits per heavy atom. The van der Waals surface area contributed by atoms with Crippen LogP contribution in [-0.4, -0.2) is 53.2 Å². The lowest BCUT2D eigenvalue weighted by Crippen LogP contribution is -2.52. The number of carbonyl (C=O) groups excluding carboxylic acids is 1. The lowest BCUT2D eigenvalue weighted by molar-refractivity contribution is -0.151. The summed E-state index contributed by atoms with van der Waals surface area (Å²) in [6.45, 7) is 5.47. The summed E-state index contributed by atoms with van der Waals surface area (Å²) in [5.41, 5.74) is -1.24. The Hall–Kier alpha value is -0.610. The van der Waals surface area contributed by atoms with Crippen LogP contribution in [0.5, 0.6) is 0 Å². The first-order chi connectivity index (χ1) is 5.91. The van der Waals surface area contributed by atoms with Crippen LogP contribution >= 0.6 is 0 Å². The van der Waals surface area contributed by atoms with Crippen molar-refractivity contribution in [2.75, 3.05) is 26.8 Å². The Labute approximate surface area is 79.1 Å². The highest BCUT2D eigenvalue weighted by molar-refractivity contribution is 5.84. The fourth-order valence-corrected chi connectivity index (χ4v) is 1.52. The molecule has 13 heavy (non-hydrogen) atoms. The molecule has 0 unspecified atom stereocenters. The van der Waals surface area contributed by atoms with Gasteiger partial charge in [-0.15, -0.1) is 0 Å². The summed E-state index contributed by atoms with van der Waals surface area (Å²) >= 11 is 0. The number of hydrogen-bond acceptors (Lipinski definition) is 3. The lowest BCUT2D eigenvalue weighted by atomic mass is 10.1. The number of aliphatic hydroxyl groups is 1. The van der Waals surface area contributed by atoms with E-state index in [0.29, 0.717) is 6.67 Å².